The molecule has 3 nitrogen and oxygen atoms in total. The molecule has 0 fully saturated rings. The molecular weight excluding hydrogens is 337 g/mol. The van der Waals surface area contributed by atoms with Crippen LogP contribution in [0.3, 0.4) is 0 Å². The second-order valence-electron chi connectivity index (χ2n) is 3.38. The van der Waals surface area contributed by atoms with Gasteiger partial charge in [-0.3, -0.25) is 5.43 Å². The van der Waals surface area contributed by atoms with Crippen molar-refractivity contribution in [3.63, 3.8) is 0 Å². The maximum absolute atomic E-state index is 5.95. The van der Waals surface area contributed by atoms with Gasteiger partial charge in [-0.25, -0.2) is 4.98 Å². The van der Waals surface area contributed by atoms with Crippen LogP contribution in [0.4, 0.5) is 5.82 Å². The van der Waals surface area contributed by atoms with Crippen molar-refractivity contribution in [1.29, 1.82) is 0 Å². The Balaban J connectivity index is 2.10. The topological polar surface area (TPSA) is 37.3 Å². The van der Waals surface area contributed by atoms with Crippen molar-refractivity contribution >= 4 is 51.2 Å². The molecule has 2 rings (SSSR count). The number of halogens is 3. The van der Waals surface area contributed by atoms with Gasteiger partial charge in [0.05, 0.1) is 16.3 Å². The molecule has 0 atom stereocenters. The fourth-order valence-corrected chi connectivity index (χ4v) is 2.05. The Morgan fingerprint density at radius 1 is 1.28 bits per heavy atom. The number of aromatic nitrogens is 1. The summed E-state index contributed by atoms with van der Waals surface area (Å²) in [6.45, 7) is 0. The van der Waals surface area contributed by atoms with Gasteiger partial charge in [0.2, 0.25) is 0 Å². The molecule has 0 aliphatic rings. The van der Waals surface area contributed by atoms with Crippen molar-refractivity contribution in [2.24, 2.45) is 5.10 Å². The summed E-state index contributed by atoms with van der Waals surface area (Å²) in [5.41, 5.74) is 3.72. The highest BCUT2D eigenvalue weighted by Crippen LogP contribution is 2.22. The zero-order valence-corrected chi connectivity index (χ0v) is 12.2. The van der Waals surface area contributed by atoms with Gasteiger partial charge in [-0.15, -0.1) is 0 Å². The molecule has 2 aromatic rings. The molecule has 1 heterocycles. The number of pyridine rings is 1. The van der Waals surface area contributed by atoms with Gasteiger partial charge >= 0.3 is 0 Å². The van der Waals surface area contributed by atoms with Crippen LogP contribution in [0.15, 0.2) is 46.1 Å². The highest BCUT2D eigenvalue weighted by atomic mass is 79.9. The predicted molar refractivity (Wildman–Crippen MR) is 79.6 cm³/mol. The lowest BCUT2D eigenvalue weighted by Gasteiger charge is -2.02. The Hall–Kier alpha value is -1.10. The lowest BCUT2D eigenvalue weighted by atomic mass is 10.2. The molecular formula is C12H8BrCl2N3. The second-order valence-corrected chi connectivity index (χ2v) is 5.07. The minimum Gasteiger partial charge on any atom is -0.260 e. The number of hydrogen-bond donors (Lipinski definition) is 1. The molecule has 0 radical (unpaired) electrons. The SMILES string of the molecule is Clc1cnc(N/N=C/c2ccccc2Br)c(Cl)c1. The number of rotatable bonds is 3. The van der Waals surface area contributed by atoms with E-state index in [4.69, 9.17) is 23.2 Å². The third kappa shape index (κ3) is 3.45. The zero-order valence-electron chi connectivity index (χ0n) is 9.07. The van der Waals surface area contributed by atoms with Gasteiger partial charge < -0.3 is 0 Å². The number of anilines is 1. The molecule has 18 heavy (non-hydrogen) atoms. The number of hydrogen-bond acceptors (Lipinski definition) is 3. The number of hydrazone groups is 1. The molecule has 0 unspecified atom stereocenters. The average molecular weight is 345 g/mol. The first kappa shape index (κ1) is 13.3. The number of benzene rings is 1. The number of nitrogens with one attached hydrogen (secondary N) is 1. The van der Waals surface area contributed by atoms with Crippen LogP contribution in [0, 0.1) is 0 Å². The smallest absolute Gasteiger partial charge is 0.165 e. The third-order valence-electron chi connectivity index (χ3n) is 2.09. The van der Waals surface area contributed by atoms with Crippen LogP contribution in [0.2, 0.25) is 10.0 Å². The Morgan fingerprint density at radius 2 is 2.06 bits per heavy atom. The van der Waals surface area contributed by atoms with Crippen molar-refractivity contribution in [1.82, 2.24) is 4.98 Å². The summed E-state index contributed by atoms with van der Waals surface area (Å²) in [7, 11) is 0. The quantitative estimate of drug-likeness (QED) is 0.652. The maximum atomic E-state index is 5.95. The van der Waals surface area contributed by atoms with Crippen LogP contribution in [0.5, 0.6) is 0 Å². The van der Waals surface area contributed by atoms with Crippen LogP contribution in [0.25, 0.3) is 0 Å². The largest absolute Gasteiger partial charge is 0.260 e. The molecule has 0 aliphatic heterocycles. The summed E-state index contributed by atoms with van der Waals surface area (Å²) in [6.07, 6.45) is 3.18. The van der Waals surface area contributed by atoms with E-state index in [9.17, 15) is 0 Å². The molecule has 0 saturated carbocycles. The van der Waals surface area contributed by atoms with Crippen molar-refractivity contribution in [2.75, 3.05) is 5.43 Å². The second kappa shape index (κ2) is 6.18. The van der Waals surface area contributed by atoms with Gasteiger partial charge in [-0.1, -0.05) is 57.3 Å². The fourth-order valence-electron chi connectivity index (χ4n) is 1.24. The van der Waals surface area contributed by atoms with E-state index in [0.29, 0.717) is 15.9 Å². The molecule has 1 aromatic carbocycles. The fraction of sp³-hybridized carbons (Fsp3) is 0. The molecule has 1 aromatic heterocycles. The first-order valence-electron chi connectivity index (χ1n) is 5.01. The van der Waals surface area contributed by atoms with Crippen molar-refractivity contribution < 1.29 is 0 Å². The van der Waals surface area contributed by atoms with E-state index in [1.807, 2.05) is 24.3 Å². The Bertz CT molecular complexity index is 587. The van der Waals surface area contributed by atoms with E-state index in [2.05, 4.69) is 31.4 Å². The molecule has 0 bridgehead atoms. The van der Waals surface area contributed by atoms with Gasteiger partial charge in [-0.05, 0) is 12.1 Å². The minimum atomic E-state index is 0.423. The summed E-state index contributed by atoms with van der Waals surface area (Å²) in [5.74, 6) is 0.462. The highest BCUT2D eigenvalue weighted by Gasteiger charge is 2.01. The van der Waals surface area contributed by atoms with Crippen LogP contribution >= 0.6 is 39.1 Å². The Morgan fingerprint density at radius 3 is 2.78 bits per heavy atom. The molecule has 0 spiro atoms. The van der Waals surface area contributed by atoms with E-state index in [-0.39, 0.29) is 0 Å². The van der Waals surface area contributed by atoms with Crippen molar-refractivity contribution in [2.45, 2.75) is 0 Å². The van der Waals surface area contributed by atoms with Crippen molar-refractivity contribution in [3.8, 4) is 0 Å². The summed E-state index contributed by atoms with van der Waals surface area (Å²) < 4.78 is 0.964. The van der Waals surface area contributed by atoms with Gasteiger partial charge in [0.25, 0.3) is 0 Å². The first-order valence-corrected chi connectivity index (χ1v) is 6.56. The third-order valence-corrected chi connectivity index (χ3v) is 3.30. The molecule has 1 N–H and O–H groups in total. The van der Waals surface area contributed by atoms with Gasteiger partial charge in [-0.2, -0.15) is 5.10 Å². The van der Waals surface area contributed by atoms with Crippen molar-refractivity contribution in [3.05, 3.63) is 56.6 Å². The van der Waals surface area contributed by atoms with Crippen LogP contribution in [-0.2, 0) is 0 Å². The molecule has 6 heteroatoms. The van der Waals surface area contributed by atoms with E-state index >= 15 is 0 Å². The van der Waals surface area contributed by atoms with E-state index in [1.165, 1.54) is 6.20 Å². The average Bonchev–Trinajstić information content (AvgIpc) is 2.34. The van der Waals surface area contributed by atoms with Crippen LogP contribution < -0.4 is 5.43 Å². The van der Waals surface area contributed by atoms with E-state index in [0.717, 1.165) is 10.0 Å². The summed E-state index contributed by atoms with van der Waals surface area (Å²) >= 11 is 15.1. The predicted octanol–water partition coefficient (Wildman–Crippen LogP) is 4.60. The molecule has 0 saturated heterocycles. The molecule has 0 amide bonds. The van der Waals surface area contributed by atoms with Crippen LogP contribution in [-0.4, -0.2) is 11.2 Å². The standard InChI is InChI=1S/C12H8BrCl2N3/c13-10-4-2-1-3-8(10)6-17-18-12-11(15)5-9(14)7-16-12/h1-7H,(H,16,18)/b17-6+. The highest BCUT2D eigenvalue weighted by molar-refractivity contribution is 9.10. The summed E-state index contributed by atoms with van der Waals surface area (Å²) in [6, 6.07) is 9.35. The normalized spacial score (nSPS) is 10.8. The maximum Gasteiger partial charge on any atom is 0.165 e. The first-order chi connectivity index (χ1) is 8.66. The summed E-state index contributed by atoms with van der Waals surface area (Å²) in [4.78, 5) is 4.03. The van der Waals surface area contributed by atoms with E-state index in [1.54, 1.807) is 12.3 Å². The lowest BCUT2D eigenvalue weighted by molar-refractivity contribution is 1.23. The Kier molecular flexibility index (Phi) is 4.58. The minimum absolute atomic E-state index is 0.423. The van der Waals surface area contributed by atoms with Gasteiger partial charge in [0, 0.05) is 16.2 Å². The lowest BCUT2D eigenvalue weighted by Crippen LogP contribution is -1.94. The molecule has 0 aliphatic carbocycles. The van der Waals surface area contributed by atoms with E-state index < -0.39 is 0 Å². The Labute approximate surface area is 123 Å². The molecule has 92 valence electrons. The number of nitrogens with zero attached hydrogens (tertiary/aromatic N) is 2. The summed E-state index contributed by atoms with van der Waals surface area (Å²) in [5, 5.41) is 4.98. The van der Waals surface area contributed by atoms with Gasteiger partial charge in [0.15, 0.2) is 5.82 Å². The monoisotopic (exact) mass is 343 g/mol. The van der Waals surface area contributed by atoms with Gasteiger partial charge in [0.1, 0.15) is 0 Å². The van der Waals surface area contributed by atoms with Crippen LogP contribution in [0.1, 0.15) is 5.56 Å². The zero-order chi connectivity index (χ0) is 13.0.